The van der Waals surface area contributed by atoms with Gasteiger partial charge in [0.15, 0.2) is 0 Å². The molecular formula is C13H18N4O2. The van der Waals surface area contributed by atoms with Crippen LogP contribution in [0.5, 0.6) is 0 Å². The number of nitrogens with zero attached hydrogens (tertiary/aromatic N) is 2. The second kappa shape index (κ2) is 4.45. The lowest BCUT2D eigenvalue weighted by Crippen LogP contribution is -2.37. The van der Waals surface area contributed by atoms with Gasteiger partial charge in [0.1, 0.15) is 5.82 Å². The van der Waals surface area contributed by atoms with Gasteiger partial charge in [-0.3, -0.25) is 14.7 Å². The van der Waals surface area contributed by atoms with Crippen LogP contribution < -0.4 is 10.6 Å². The zero-order valence-corrected chi connectivity index (χ0v) is 10.8. The van der Waals surface area contributed by atoms with Crippen LogP contribution in [0.15, 0.2) is 6.20 Å². The normalized spacial score (nSPS) is 22.5. The Balaban J connectivity index is 1.95. The average Bonchev–Trinajstić information content (AvgIpc) is 2.95. The van der Waals surface area contributed by atoms with E-state index in [0.717, 1.165) is 32.1 Å². The number of nitrogens with two attached hydrogens (primary N) is 1. The first-order valence-corrected chi connectivity index (χ1v) is 6.78. The molecule has 1 spiro atoms. The maximum atomic E-state index is 12.7. The Morgan fingerprint density at radius 2 is 2.05 bits per heavy atom. The van der Waals surface area contributed by atoms with Gasteiger partial charge in [-0.25, -0.2) is 4.90 Å². The summed E-state index contributed by atoms with van der Waals surface area (Å²) in [6, 6.07) is 0. The highest BCUT2D eigenvalue weighted by Gasteiger charge is 2.52. The van der Waals surface area contributed by atoms with Crippen molar-refractivity contribution in [2.24, 2.45) is 11.1 Å². The second-order valence-electron chi connectivity index (χ2n) is 5.50. The van der Waals surface area contributed by atoms with E-state index in [1.165, 1.54) is 4.90 Å². The molecule has 2 fully saturated rings. The summed E-state index contributed by atoms with van der Waals surface area (Å²) in [5, 5.41) is 6.62. The number of aromatic amines is 1. The Morgan fingerprint density at radius 3 is 2.74 bits per heavy atom. The zero-order valence-electron chi connectivity index (χ0n) is 10.8. The monoisotopic (exact) mass is 262 g/mol. The number of rotatable bonds is 2. The molecule has 2 aliphatic rings. The number of H-pyrrole nitrogens is 1. The maximum Gasteiger partial charge on any atom is 0.241 e. The largest absolute Gasteiger partial charge is 0.326 e. The van der Waals surface area contributed by atoms with Gasteiger partial charge < -0.3 is 5.73 Å². The molecule has 3 N–H and O–H groups in total. The predicted octanol–water partition coefficient (Wildman–Crippen LogP) is 1.08. The van der Waals surface area contributed by atoms with Crippen LogP contribution in [-0.4, -0.2) is 22.0 Å². The average molecular weight is 262 g/mol. The third kappa shape index (κ3) is 1.78. The second-order valence-corrected chi connectivity index (χ2v) is 5.50. The molecule has 0 radical (unpaired) electrons. The van der Waals surface area contributed by atoms with Gasteiger partial charge in [-0.1, -0.05) is 19.3 Å². The summed E-state index contributed by atoms with van der Waals surface area (Å²) < 4.78 is 0. The van der Waals surface area contributed by atoms with E-state index in [-0.39, 0.29) is 18.4 Å². The molecule has 6 nitrogen and oxygen atoms in total. The number of anilines is 1. The van der Waals surface area contributed by atoms with E-state index in [1.54, 1.807) is 6.20 Å². The summed E-state index contributed by atoms with van der Waals surface area (Å²) in [6.45, 7) is 0.260. The minimum absolute atomic E-state index is 0.0730. The maximum absolute atomic E-state index is 12.7. The van der Waals surface area contributed by atoms with Gasteiger partial charge in [-0.2, -0.15) is 5.10 Å². The Hall–Kier alpha value is -1.69. The van der Waals surface area contributed by atoms with Crippen LogP contribution in [0.3, 0.4) is 0 Å². The molecule has 0 atom stereocenters. The lowest BCUT2D eigenvalue weighted by molar-refractivity contribution is -0.127. The molecule has 1 aliphatic carbocycles. The van der Waals surface area contributed by atoms with Gasteiger partial charge >= 0.3 is 0 Å². The molecule has 0 bridgehead atoms. The molecule has 3 rings (SSSR count). The van der Waals surface area contributed by atoms with E-state index in [0.29, 0.717) is 17.8 Å². The van der Waals surface area contributed by atoms with Gasteiger partial charge in [-0.05, 0) is 12.8 Å². The molecule has 1 aromatic heterocycles. The minimum Gasteiger partial charge on any atom is -0.326 e. The fraction of sp³-hybridized carbons (Fsp3) is 0.615. The number of nitrogens with one attached hydrogen (secondary N) is 1. The Morgan fingerprint density at radius 1 is 1.32 bits per heavy atom. The zero-order chi connectivity index (χ0) is 13.5. The number of hydrogen-bond acceptors (Lipinski definition) is 4. The number of imide groups is 1. The van der Waals surface area contributed by atoms with Crippen LogP contribution >= 0.6 is 0 Å². The van der Waals surface area contributed by atoms with E-state index in [2.05, 4.69) is 10.2 Å². The molecule has 0 unspecified atom stereocenters. The van der Waals surface area contributed by atoms with E-state index < -0.39 is 5.41 Å². The standard InChI is InChI=1S/C13H18N4O2/c14-7-9-8-15-16-11(9)17-10(18)6-13(12(17)19)4-2-1-3-5-13/h8H,1-7,14H2,(H,15,16). The van der Waals surface area contributed by atoms with Crippen molar-refractivity contribution in [2.75, 3.05) is 4.90 Å². The van der Waals surface area contributed by atoms with Gasteiger partial charge in [0, 0.05) is 18.5 Å². The molecule has 0 aromatic carbocycles. The molecule has 1 aliphatic heterocycles. The fourth-order valence-corrected chi connectivity index (χ4v) is 3.29. The van der Waals surface area contributed by atoms with Crippen LogP contribution in [-0.2, 0) is 16.1 Å². The van der Waals surface area contributed by atoms with Crippen LogP contribution in [0, 0.1) is 5.41 Å². The van der Waals surface area contributed by atoms with Crippen LogP contribution in [0.2, 0.25) is 0 Å². The quantitative estimate of drug-likeness (QED) is 0.780. The molecule has 19 heavy (non-hydrogen) atoms. The molecule has 6 heteroatoms. The van der Waals surface area contributed by atoms with Gasteiger partial charge in [0.25, 0.3) is 0 Å². The van der Waals surface area contributed by atoms with Crippen LogP contribution in [0.1, 0.15) is 44.1 Å². The molecule has 2 amide bonds. The van der Waals surface area contributed by atoms with E-state index in [4.69, 9.17) is 5.73 Å². The SMILES string of the molecule is NCc1cn[nH]c1N1C(=O)CC2(CCCCC2)C1=O. The highest BCUT2D eigenvalue weighted by atomic mass is 16.2. The number of carbonyl (C=O) groups is 2. The summed E-state index contributed by atoms with van der Waals surface area (Å²) >= 11 is 0. The van der Waals surface area contributed by atoms with Crippen molar-refractivity contribution in [3.63, 3.8) is 0 Å². The van der Waals surface area contributed by atoms with E-state index in [1.807, 2.05) is 0 Å². The van der Waals surface area contributed by atoms with Crippen molar-refractivity contribution in [3.8, 4) is 0 Å². The van der Waals surface area contributed by atoms with Crippen molar-refractivity contribution in [2.45, 2.75) is 45.1 Å². The highest BCUT2D eigenvalue weighted by molar-refractivity contribution is 6.22. The smallest absolute Gasteiger partial charge is 0.241 e. The summed E-state index contributed by atoms with van der Waals surface area (Å²) in [7, 11) is 0. The molecule has 2 heterocycles. The van der Waals surface area contributed by atoms with Crippen molar-refractivity contribution in [1.29, 1.82) is 0 Å². The Bertz CT molecular complexity index is 516. The van der Waals surface area contributed by atoms with Crippen molar-refractivity contribution < 1.29 is 9.59 Å². The molecule has 1 aromatic rings. The van der Waals surface area contributed by atoms with E-state index in [9.17, 15) is 9.59 Å². The first-order chi connectivity index (χ1) is 9.18. The third-order valence-electron chi connectivity index (χ3n) is 4.34. The highest BCUT2D eigenvalue weighted by Crippen LogP contribution is 2.46. The Labute approximate surface area is 111 Å². The number of carbonyl (C=O) groups excluding carboxylic acids is 2. The molecule has 1 saturated carbocycles. The summed E-state index contributed by atoms with van der Waals surface area (Å²) in [5.41, 5.74) is 5.85. The Kier molecular flexibility index (Phi) is 2.89. The first kappa shape index (κ1) is 12.3. The van der Waals surface area contributed by atoms with Crippen molar-refractivity contribution >= 4 is 17.6 Å². The number of hydrogen-bond donors (Lipinski definition) is 2. The lowest BCUT2D eigenvalue weighted by atomic mass is 9.73. The van der Waals surface area contributed by atoms with Gasteiger partial charge in [0.2, 0.25) is 11.8 Å². The fourth-order valence-electron chi connectivity index (χ4n) is 3.29. The first-order valence-electron chi connectivity index (χ1n) is 6.78. The van der Waals surface area contributed by atoms with Crippen molar-refractivity contribution in [1.82, 2.24) is 10.2 Å². The predicted molar refractivity (Wildman–Crippen MR) is 69.1 cm³/mol. The summed E-state index contributed by atoms with van der Waals surface area (Å²) in [6.07, 6.45) is 6.75. The molecule has 1 saturated heterocycles. The lowest BCUT2D eigenvalue weighted by Gasteiger charge is -2.30. The minimum atomic E-state index is -0.466. The number of aromatic nitrogens is 2. The van der Waals surface area contributed by atoms with Crippen molar-refractivity contribution in [3.05, 3.63) is 11.8 Å². The summed E-state index contributed by atoms with van der Waals surface area (Å²) in [5.74, 6) is 0.252. The summed E-state index contributed by atoms with van der Waals surface area (Å²) in [4.78, 5) is 26.2. The topological polar surface area (TPSA) is 92.1 Å². The van der Waals surface area contributed by atoms with Gasteiger partial charge in [-0.15, -0.1) is 0 Å². The van der Waals surface area contributed by atoms with Gasteiger partial charge in [0.05, 0.1) is 11.6 Å². The van der Waals surface area contributed by atoms with Crippen LogP contribution in [0.4, 0.5) is 5.82 Å². The van der Waals surface area contributed by atoms with Crippen LogP contribution in [0.25, 0.3) is 0 Å². The third-order valence-corrected chi connectivity index (χ3v) is 4.34. The molecule has 102 valence electrons. The molecular weight excluding hydrogens is 244 g/mol. The van der Waals surface area contributed by atoms with E-state index >= 15 is 0 Å². The number of amides is 2.